The molecule has 1 saturated heterocycles. The lowest BCUT2D eigenvalue weighted by molar-refractivity contribution is 0.0688. The Labute approximate surface area is 112 Å². The molecule has 3 rings (SSSR count). The lowest BCUT2D eigenvalue weighted by Gasteiger charge is -2.32. The first-order chi connectivity index (χ1) is 9.20. The minimum atomic E-state index is -0.0421. The van der Waals surface area contributed by atoms with Gasteiger partial charge in [0.2, 0.25) is 0 Å². The van der Waals surface area contributed by atoms with E-state index in [0.29, 0.717) is 5.56 Å². The average molecular weight is 258 g/mol. The summed E-state index contributed by atoms with van der Waals surface area (Å²) < 4.78 is 0. The Bertz CT molecular complexity index is 551. The third kappa shape index (κ3) is 2.06. The maximum absolute atomic E-state index is 12.6. The van der Waals surface area contributed by atoms with Crippen molar-refractivity contribution in [3.8, 4) is 0 Å². The number of aliphatic hydroxyl groups is 1. The molecule has 0 aromatic heterocycles. The number of carbonyl (C=O) groups excluding carboxylic acids is 1. The molecule has 1 atom stereocenters. The molecule has 4 heteroatoms. The SMILES string of the molecule is Cc1cc2c(cc1CO)C(=O)N1CCCC[C@H]1C=N2. The molecule has 100 valence electrons. The number of rotatable bonds is 1. The van der Waals surface area contributed by atoms with Crippen LogP contribution in [0.1, 0.15) is 40.7 Å². The lowest BCUT2D eigenvalue weighted by Crippen LogP contribution is -2.43. The molecule has 0 spiro atoms. The number of piperidine rings is 1. The Morgan fingerprint density at radius 2 is 2.26 bits per heavy atom. The molecule has 1 aromatic rings. The van der Waals surface area contributed by atoms with E-state index in [2.05, 4.69) is 4.99 Å². The van der Waals surface area contributed by atoms with Gasteiger partial charge in [-0.25, -0.2) is 0 Å². The zero-order valence-corrected chi connectivity index (χ0v) is 11.1. The molecule has 1 fully saturated rings. The van der Waals surface area contributed by atoms with E-state index in [9.17, 15) is 9.90 Å². The van der Waals surface area contributed by atoms with Crippen molar-refractivity contribution in [3.63, 3.8) is 0 Å². The third-order valence-corrected chi connectivity index (χ3v) is 4.05. The highest BCUT2D eigenvalue weighted by Crippen LogP contribution is 2.30. The molecular formula is C15H18N2O2. The van der Waals surface area contributed by atoms with E-state index < -0.39 is 0 Å². The lowest BCUT2D eigenvalue weighted by atomic mass is 10.00. The van der Waals surface area contributed by atoms with Gasteiger partial charge in [0.1, 0.15) is 0 Å². The summed E-state index contributed by atoms with van der Waals surface area (Å²) in [5.41, 5.74) is 3.13. The number of nitrogens with zero attached hydrogens (tertiary/aromatic N) is 2. The molecule has 1 amide bonds. The van der Waals surface area contributed by atoms with Gasteiger partial charge in [0.05, 0.1) is 23.9 Å². The van der Waals surface area contributed by atoms with Gasteiger partial charge in [-0.15, -0.1) is 0 Å². The standard InChI is InChI=1S/C15H18N2O2/c1-10-6-14-13(7-11(10)9-18)15(19)17-5-3-2-4-12(17)8-16-14/h6-8,12,18H,2-5,9H2,1H3/t12-/m0/s1. The van der Waals surface area contributed by atoms with E-state index in [0.717, 1.165) is 42.6 Å². The number of benzene rings is 1. The van der Waals surface area contributed by atoms with Crippen LogP contribution in [0.15, 0.2) is 17.1 Å². The van der Waals surface area contributed by atoms with Crippen molar-refractivity contribution in [2.24, 2.45) is 4.99 Å². The number of aliphatic hydroxyl groups excluding tert-OH is 1. The summed E-state index contributed by atoms with van der Waals surface area (Å²) in [6.45, 7) is 2.70. The van der Waals surface area contributed by atoms with E-state index in [1.54, 1.807) is 6.07 Å². The van der Waals surface area contributed by atoms with Gasteiger partial charge in [-0.3, -0.25) is 9.79 Å². The van der Waals surface area contributed by atoms with Gasteiger partial charge >= 0.3 is 0 Å². The molecule has 2 aliphatic heterocycles. The summed E-state index contributed by atoms with van der Waals surface area (Å²) in [6, 6.07) is 3.82. The highest BCUT2D eigenvalue weighted by atomic mass is 16.3. The van der Waals surface area contributed by atoms with E-state index in [1.807, 2.05) is 24.1 Å². The van der Waals surface area contributed by atoms with Crippen LogP contribution in [-0.2, 0) is 6.61 Å². The Morgan fingerprint density at radius 1 is 1.42 bits per heavy atom. The number of hydrogen-bond donors (Lipinski definition) is 1. The van der Waals surface area contributed by atoms with Gasteiger partial charge in [0, 0.05) is 12.8 Å². The van der Waals surface area contributed by atoms with Gasteiger partial charge < -0.3 is 10.0 Å². The zero-order valence-electron chi connectivity index (χ0n) is 11.1. The molecule has 19 heavy (non-hydrogen) atoms. The van der Waals surface area contributed by atoms with Crippen LogP contribution in [0.5, 0.6) is 0 Å². The van der Waals surface area contributed by atoms with Crippen LogP contribution < -0.4 is 0 Å². The molecule has 1 aromatic carbocycles. The van der Waals surface area contributed by atoms with Crippen LogP contribution in [0.2, 0.25) is 0 Å². The second kappa shape index (κ2) is 4.78. The maximum Gasteiger partial charge on any atom is 0.256 e. The fourth-order valence-electron chi connectivity index (χ4n) is 2.87. The molecular weight excluding hydrogens is 240 g/mol. The number of aliphatic imine (C=N–C) groups is 1. The van der Waals surface area contributed by atoms with E-state index in [1.165, 1.54) is 0 Å². The Kier molecular flexibility index (Phi) is 3.11. The Morgan fingerprint density at radius 3 is 3.05 bits per heavy atom. The van der Waals surface area contributed by atoms with Gasteiger partial charge in [-0.1, -0.05) is 0 Å². The van der Waals surface area contributed by atoms with Gasteiger partial charge in [0.25, 0.3) is 5.91 Å². The summed E-state index contributed by atoms with van der Waals surface area (Å²) in [5.74, 6) is 0.0481. The predicted molar refractivity (Wildman–Crippen MR) is 73.9 cm³/mol. The first-order valence-corrected chi connectivity index (χ1v) is 6.80. The molecule has 0 aliphatic carbocycles. The summed E-state index contributed by atoms with van der Waals surface area (Å²) in [6.07, 6.45) is 5.11. The minimum absolute atomic E-state index is 0.0421. The van der Waals surface area contributed by atoms with E-state index in [-0.39, 0.29) is 18.6 Å². The molecule has 1 N–H and O–H groups in total. The van der Waals surface area contributed by atoms with E-state index in [4.69, 9.17) is 0 Å². The van der Waals surface area contributed by atoms with Crippen LogP contribution >= 0.6 is 0 Å². The molecule has 2 heterocycles. The van der Waals surface area contributed by atoms with E-state index >= 15 is 0 Å². The quantitative estimate of drug-likeness (QED) is 0.839. The smallest absolute Gasteiger partial charge is 0.256 e. The summed E-state index contributed by atoms with van der Waals surface area (Å²) in [5, 5.41) is 9.35. The fourth-order valence-corrected chi connectivity index (χ4v) is 2.87. The first kappa shape index (κ1) is 12.4. The number of carbonyl (C=O) groups is 1. The first-order valence-electron chi connectivity index (χ1n) is 6.80. The Balaban J connectivity index is 2.09. The second-order valence-electron chi connectivity index (χ2n) is 5.29. The molecule has 0 unspecified atom stereocenters. The van der Waals surface area contributed by atoms with Crippen LogP contribution in [0.25, 0.3) is 0 Å². The van der Waals surface area contributed by atoms with Gasteiger partial charge in [0.15, 0.2) is 0 Å². The molecule has 0 bridgehead atoms. The normalized spacial score (nSPS) is 21.9. The van der Waals surface area contributed by atoms with Crippen molar-refractivity contribution in [3.05, 3.63) is 28.8 Å². The van der Waals surface area contributed by atoms with Crippen molar-refractivity contribution in [1.82, 2.24) is 4.90 Å². The molecule has 0 radical (unpaired) electrons. The van der Waals surface area contributed by atoms with Crippen LogP contribution in [0, 0.1) is 6.92 Å². The summed E-state index contributed by atoms with van der Waals surface area (Å²) in [4.78, 5) is 19.0. The topological polar surface area (TPSA) is 52.9 Å². The fraction of sp³-hybridized carbons (Fsp3) is 0.467. The Hall–Kier alpha value is -1.68. The van der Waals surface area contributed by atoms with Gasteiger partial charge in [-0.2, -0.15) is 0 Å². The highest BCUT2D eigenvalue weighted by molar-refractivity contribution is 6.02. The number of amides is 1. The monoisotopic (exact) mass is 258 g/mol. The third-order valence-electron chi connectivity index (χ3n) is 4.05. The number of fused-ring (bicyclic) bond motifs is 2. The largest absolute Gasteiger partial charge is 0.392 e. The second-order valence-corrected chi connectivity index (χ2v) is 5.29. The van der Waals surface area contributed by atoms with Gasteiger partial charge in [-0.05, 0) is 49.4 Å². The van der Waals surface area contributed by atoms with Crippen molar-refractivity contribution in [2.75, 3.05) is 6.54 Å². The molecule has 2 aliphatic rings. The number of aryl methyl sites for hydroxylation is 1. The number of hydrogen-bond acceptors (Lipinski definition) is 3. The molecule has 0 saturated carbocycles. The summed E-state index contributed by atoms with van der Waals surface area (Å²) in [7, 11) is 0. The predicted octanol–water partition coefficient (Wildman–Crippen LogP) is 2.20. The maximum atomic E-state index is 12.6. The van der Waals surface area contributed by atoms with Crippen molar-refractivity contribution in [1.29, 1.82) is 0 Å². The molecule has 4 nitrogen and oxygen atoms in total. The van der Waals surface area contributed by atoms with Crippen molar-refractivity contribution in [2.45, 2.75) is 38.8 Å². The van der Waals surface area contributed by atoms with Crippen molar-refractivity contribution >= 4 is 17.8 Å². The van der Waals surface area contributed by atoms with Crippen LogP contribution in [0.3, 0.4) is 0 Å². The minimum Gasteiger partial charge on any atom is -0.392 e. The highest BCUT2D eigenvalue weighted by Gasteiger charge is 2.30. The van der Waals surface area contributed by atoms with Crippen molar-refractivity contribution < 1.29 is 9.90 Å². The van der Waals surface area contributed by atoms with Crippen LogP contribution in [0.4, 0.5) is 5.69 Å². The summed E-state index contributed by atoms with van der Waals surface area (Å²) >= 11 is 0. The van der Waals surface area contributed by atoms with Crippen LogP contribution in [-0.4, -0.2) is 34.7 Å². The average Bonchev–Trinajstić information content (AvgIpc) is 2.57. The zero-order chi connectivity index (χ0) is 13.4.